The van der Waals surface area contributed by atoms with Crippen LogP contribution in [-0.4, -0.2) is 20.0 Å². The molecule has 0 aromatic carbocycles. The fourth-order valence-electron chi connectivity index (χ4n) is 1.69. The van der Waals surface area contributed by atoms with E-state index in [-0.39, 0.29) is 0 Å². The first kappa shape index (κ1) is 10.2. The molecule has 1 atom stereocenters. The summed E-state index contributed by atoms with van der Waals surface area (Å²) >= 11 is 0. The average molecular weight is 188 g/mol. The molecule has 0 aromatic rings. The Morgan fingerprint density at radius 2 is 2.17 bits per heavy atom. The number of hydrogen-bond donors (Lipinski definition) is 1. The topological polar surface area (TPSA) is 29.5 Å². The molecule has 0 spiro atoms. The van der Waals surface area contributed by atoms with Crippen molar-refractivity contribution in [2.24, 2.45) is 0 Å². The highest BCUT2D eigenvalue weighted by molar-refractivity contribution is 6.66. The second-order valence-electron chi connectivity index (χ2n) is 3.71. The summed E-state index contributed by atoms with van der Waals surface area (Å²) in [6, 6.07) is 1.93. The summed E-state index contributed by atoms with van der Waals surface area (Å²) in [5.74, 6) is 0. The van der Waals surface area contributed by atoms with Crippen molar-refractivity contribution < 1.29 is 9.22 Å². The molecular weight excluding hydrogens is 168 g/mol. The van der Waals surface area contributed by atoms with Crippen LogP contribution in [0.1, 0.15) is 39.0 Å². The molecule has 1 unspecified atom stereocenters. The fourth-order valence-corrected chi connectivity index (χ4v) is 4.35. The summed E-state index contributed by atoms with van der Waals surface area (Å²) in [6.07, 6.45) is 5.93. The Kier molecular flexibility index (Phi) is 4.25. The zero-order chi connectivity index (χ0) is 8.86. The van der Waals surface area contributed by atoms with Gasteiger partial charge in [-0.1, -0.05) is 26.2 Å². The van der Waals surface area contributed by atoms with E-state index in [1.807, 2.05) is 0 Å². The highest BCUT2D eigenvalue weighted by atomic mass is 28.4. The second kappa shape index (κ2) is 4.99. The summed E-state index contributed by atoms with van der Waals surface area (Å²) in [7, 11) is -2.17. The largest absolute Gasteiger partial charge is 0.411 e. The smallest absolute Gasteiger partial charge is 0.335 e. The van der Waals surface area contributed by atoms with Crippen LogP contribution in [0.3, 0.4) is 0 Å². The summed E-state index contributed by atoms with van der Waals surface area (Å²) in [5.41, 5.74) is 0. The molecule has 2 nitrogen and oxygen atoms in total. The monoisotopic (exact) mass is 188 g/mol. The molecule has 1 aliphatic heterocycles. The quantitative estimate of drug-likeness (QED) is 0.542. The Morgan fingerprint density at radius 3 is 2.75 bits per heavy atom. The Labute approximate surface area is 76.2 Å². The van der Waals surface area contributed by atoms with Gasteiger partial charge in [0.1, 0.15) is 0 Å². The molecule has 0 aliphatic carbocycles. The molecule has 0 saturated carbocycles. The molecule has 0 aromatic heterocycles. The molecule has 72 valence electrons. The predicted molar refractivity (Wildman–Crippen MR) is 52.3 cm³/mol. The van der Waals surface area contributed by atoms with Gasteiger partial charge in [0.25, 0.3) is 0 Å². The minimum absolute atomic E-state index is 0.800. The van der Waals surface area contributed by atoms with Crippen LogP contribution in [0.15, 0.2) is 0 Å². The van der Waals surface area contributed by atoms with Crippen LogP contribution in [0.4, 0.5) is 0 Å². The van der Waals surface area contributed by atoms with Crippen LogP contribution in [0, 0.1) is 0 Å². The van der Waals surface area contributed by atoms with Gasteiger partial charge in [0.05, 0.1) is 0 Å². The molecule has 12 heavy (non-hydrogen) atoms. The van der Waals surface area contributed by atoms with Crippen molar-refractivity contribution in [2.45, 2.75) is 51.1 Å². The normalized spacial score (nSPS) is 30.5. The first-order valence-corrected chi connectivity index (χ1v) is 7.40. The first-order chi connectivity index (χ1) is 5.77. The van der Waals surface area contributed by atoms with E-state index in [1.54, 1.807) is 0 Å². The van der Waals surface area contributed by atoms with E-state index in [1.165, 1.54) is 19.3 Å². The van der Waals surface area contributed by atoms with Gasteiger partial charge in [0.2, 0.25) is 0 Å². The van der Waals surface area contributed by atoms with Crippen LogP contribution in [0.5, 0.6) is 0 Å². The van der Waals surface area contributed by atoms with Crippen LogP contribution < -0.4 is 0 Å². The number of unbranched alkanes of at least 4 members (excludes halogenated alkanes) is 2. The molecule has 1 fully saturated rings. The second-order valence-corrected chi connectivity index (χ2v) is 6.89. The van der Waals surface area contributed by atoms with E-state index in [9.17, 15) is 4.80 Å². The molecule has 1 saturated heterocycles. The lowest BCUT2D eigenvalue weighted by atomic mass is 10.3. The van der Waals surface area contributed by atoms with Gasteiger partial charge in [-0.3, -0.25) is 0 Å². The van der Waals surface area contributed by atoms with E-state index in [2.05, 4.69) is 6.92 Å². The van der Waals surface area contributed by atoms with Gasteiger partial charge in [0.15, 0.2) is 0 Å². The van der Waals surface area contributed by atoms with Gasteiger partial charge < -0.3 is 9.22 Å². The maximum absolute atomic E-state index is 10.0. The Morgan fingerprint density at radius 1 is 1.33 bits per heavy atom. The Hall–Kier alpha value is 0.137. The van der Waals surface area contributed by atoms with Crippen LogP contribution in [0.2, 0.25) is 12.1 Å². The minimum Gasteiger partial charge on any atom is -0.411 e. The third kappa shape index (κ3) is 3.25. The summed E-state index contributed by atoms with van der Waals surface area (Å²) in [6.45, 7) is 2.99. The highest BCUT2D eigenvalue weighted by Crippen LogP contribution is 2.24. The number of rotatable bonds is 4. The lowest BCUT2D eigenvalue weighted by Gasteiger charge is -2.28. The SMILES string of the molecule is CCCCC[Si]1(O)CCCCO1. The summed E-state index contributed by atoms with van der Waals surface area (Å²) in [5, 5.41) is 0. The lowest BCUT2D eigenvalue weighted by Crippen LogP contribution is -2.41. The third-order valence-corrected chi connectivity index (χ3v) is 5.51. The predicted octanol–water partition coefficient (Wildman–Crippen LogP) is 2.42. The molecular formula is C9H20O2Si. The molecule has 0 amide bonds. The maximum atomic E-state index is 10.0. The van der Waals surface area contributed by atoms with Crippen molar-refractivity contribution in [3.63, 3.8) is 0 Å². The van der Waals surface area contributed by atoms with Crippen molar-refractivity contribution in [1.82, 2.24) is 0 Å². The summed E-state index contributed by atoms with van der Waals surface area (Å²) < 4.78 is 5.51. The molecule has 1 heterocycles. The van der Waals surface area contributed by atoms with Crippen LogP contribution in [-0.2, 0) is 4.43 Å². The van der Waals surface area contributed by atoms with Crippen molar-refractivity contribution in [3.8, 4) is 0 Å². The maximum Gasteiger partial charge on any atom is 0.335 e. The fraction of sp³-hybridized carbons (Fsp3) is 1.00. The van der Waals surface area contributed by atoms with Crippen molar-refractivity contribution in [1.29, 1.82) is 0 Å². The van der Waals surface area contributed by atoms with E-state index >= 15 is 0 Å². The van der Waals surface area contributed by atoms with Gasteiger partial charge in [0, 0.05) is 6.61 Å². The third-order valence-electron chi connectivity index (χ3n) is 2.50. The lowest BCUT2D eigenvalue weighted by molar-refractivity contribution is 0.200. The highest BCUT2D eigenvalue weighted by Gasteiger charge is 2.34. The van der Waals surface area contributed by atoms with E-state index < -0.39 is 8.56 Å². The molecule has 3 heteroatoms. The van der Waals surface area contributed by atoms with Crippen LogP contribution in [0.25, 0.3) is 0 Å². The zero-order valence-electron chi connectivity index (χ0n) is 8.01. The van der Waals surface area contributed by atoms with E-state index in [0.29, 0.717) is 0 Å². The van der Waals surface area contributed by atoms with Crippen LogP contribution >= 0.6 is 0 Å². The van der Waals surface area contributed by atoms with Gasteiger partial charge in [-0.15, -0.1) is 0 Å². The molecule has 1 aliphatic rings. The van der Waals surface area contributed by atoms with Gasteiger partial charge in [-0.2, -0.15) is 0 Å². The van der Waals surface area contributed by atoms with Gasteiger partial charge in [-0.05, 0) is 24.9 Å². The van der Waals surface area contributed by atoms with Crippen molar-refractivity contribution in [3.05, 3.63) is 0 Å². The molecule has 0 radical (unpaired) electrons. The van der Waals surface area contributed by atoms with E-state index in [4.69, 9.17) is 4.43 Å². The zero-order valence-corrected chi connectivity index (χ0v) is 9.01. The standard InChI is InChI=1S/C9H20O2Si/c1-2-3-5-8-12(10)9-6-4-7-11-12/h10H,2-9H2,1H3. The van der Waals surface area contributed by atoms with Gasteiger partial charge >= 0.3 is 8.56 Å². The number of hydrogen-bond acceptors (Lipinski definition) is 2. The van der Waals surface area contributed by atoms with Crippen molar-refractivity contribution >= 4 is 8.56 Å². The molecule has 1 N–H and O–H groups in total. The average Bonchev–Trinajstić information content (AvgIpc) is 2.06. The Bertz CT molecular complexity index is 122. The van der Waals surface area contributed by atoms with Gasteiger partial charge in [-0.25, -0.2) is 0 Å². The minimum atomic E-state index is -2.17. The first-order valence-electron chi connectivity index (χ1n) is 5.13. The van der Waals surface area contributed by atoms with Crippen molar-refractivity contribution in [2.75, 3.05) is 6.61 Å². The summed E-state index contributed by atoms with van der Waals surface area (Å²) in [4.78, 5) is 10.0. The molecule has 1 rings (SSSR count). The molecule has 0 bridgehead atoms. The Balaban J connectivity index is 2.17. The van der Waals surface area contributed by atoms with E-state index in [0.717, 1.165) is 31.5 Å².